The minimum atomic E-state index is 0.228. The van der Waals surface area contributed by atoms with E-state index in [1.54, 1.807) is 6.07 Å². The van der Waals surface area contributed by atoms with Crippen molar-refractivity contribution in [2.75, 3.05) is 30.8 Å². The number of rotatable bonds is 1. The Morgan fingerprint density at radius 3 is 2.65 bits per heavy atom. The van der Waals surface area contributed by atoms with Crippen LogP contribution in [0.25, 0.3) is 0 Å². The molecule has 0 saturated carbocycles. The lowest BCUT2D eigenvalue weighted by molar-refractivity contribution is 0.205. The Hall–Kier alpha value is -1.07. The van der Waals surface area contributed by atoms with Crippen LogP contribution in [0.1, 0.15) is 13.8 Å². The maximum atomic E-state index is 5.91. The van der Waals surface area contributed by atoms with Crippen molar-refractivity contribution in [2.24, 2.45) is 0 Å². The maximum Gasteiger partial charge on any atom is 0.223 e. The van der Waals surface area contributed by atoms with Gasteiger partial charge in [0.2, 0.25) is 5.95 Å². The number of hydrogen-bond donors (Lipinski definition) is 1. The number of anilines is 2. The minimum Gasteiger partial charge on any atom is -0.368 e. The second kappa shape index (κ2) is 4.66. The van der Waals surface area contributed by atoms with Crippen LogP contribution >= 0.6 is 11.6 Å². The molecule has 1 fully saturated rings. The molecule has 1 aliphatic rings. The van der Waals surface area contributed by atoms with E-state index < -0.39 is 0 Å². The molecule has 1 saturated heterocycles. The van der Waals surface area contributed by atoms with Crippen molar-refractivity contribution in [1.29, 1.82) is 0 Å². The Morgan fingerprint density at radius 2 is 2.00 bits per heavy atom. The van der Waals surface area contributed by atoms with Gasteiger partial charge in [0.1, 0.15) is 11.0 Å². The largest absolute Gasteiger partial charge is 0.368 e. The summed E-state index contributed by atoms with van der Waals surface area (Å²) in [6, 6.07) is 2.65. The lowest BCUT2D eigenvalue weighted by Crippen LogP contribution is -2.55. The van der Waals surface area contributed by atoms with Gasteiger partial charge in [0.25, 0.3) is 0 Å². The van der Waals surface area contributed by atoms with Gasteiger partial charge in [0.15, 0.2) is 0 Å². The van der Waals surface area contributed by atoms with E-state index in [1.165, 1.54) is 0 Å². The third-order valence-corrected chi connectivity index (χ3v) is 3.48. The van der Waals surface area contributed by atoms with E-state index in [4.69, 9.17) is 17.3 Å². The van der Waals surface area contributed by atoms with E-state index in [0.717, 1.165) is 18.9 Å². The zero-order valence-electron chi connectivity index (χ0n) is 10.4. The monoisotopic (exact) mass is 255 g/mol. The van der Waals surface area contributed by atoms with Crippen molar-refractivity contribution in [3.8, 4) is 0 Å². The highest BCUT2D eigenvalue weighted by Crippen LogP contribution is 2.23. The highest BCUT2D eigenvalue weighted by molar-refractivity contribution is 6.29. The van der Waals surface area contributed by atoms with Crippen LogP contribution in [0.15, 0.2) is 6.07 Å². The van der Waals surface area contributed by atoms with Crippen LogP contribution in [0.3, 0.4) is 0 Å². The average molecular weight is 256 g/mol. The molecule has 0 bridgehead atoms. The summed E-state index contributed by atoms with van der Waals surface area (Å²) in [4.78, 5) is 12.7. The number of hydrogen-bond acceptors (Lipinski definition) is 5. The molecule has 0 radical (unpaired) electrons. The standard InChI is InChI=1S/C11H18ClN5/c1-7-6-17(8(2)5-16(7)3)10-4-9(12)14-11(13)15-10/h4,7-8H,5-6H2,1-3H3,(H2,13,14,15)/t7-,8+/m1/s1. The SMILES string of the molecule is C[C@@H]1CN(c2cc(Cl)nc(N)n2)[C@@H](C)CN1C. The molecule has 94 valence electrons. The first-order chi connectivity index (χ1) is 7.97. The molecule has 2 heterocycles. The van der Waals surface area contributed by atoms with Crippen LogP contribution in [0.4, 0.5) is 11.8 Å². The summed E-state index contributed by atoms with van der Waals surface area (Å²) < 4.78 is 0. The highest BCUT2D eigenvalue weighted by atomic mass is 35.5. The van der Waals surface area contributed by atoms with Gasteiger partial charge in [0.05, 0.1) is 0 Å². The van der Waals surface area contributed by atoms with E-state index in [-0.39, 0.29) is 5.95 Å². The van der Waals surface area contributed by atoms with Gasteiger partial charge in [-0.1, -0.05) is 11.6 Å². The molecule has 17 heavy (non-hydrogen) atoms. The average Bonchev–Trinajstić information content (AvgIpc) is 2.22. The summed E-state index contributed by atoms with van der Waals surface area (Å²) in [5.41, 5.74) is 5.63. The number of likely N-dealkylation sites (N-methyl/N-ethyl adjacent to an activating group) is 1. The minimum absolute atomic E-state index is 0.228. The summed E-state index contributed by atoms with van der Waals surface area (Å²) in [7, 11) is 2.14. The van der Waals surface area contributed by atoms with Gasteiger partial charge in [-0.05, 0) is 20.9 Å². The number of piperazine rings is 1. The van der Waals surface area contributed by atoms with Crippen molar-refractivity contribution < 1.29 is 0 Å². The van der Waals surface area contributed by atoms with Crippen molar-refractivity contribution in [3.63, 3.8) is 0 Å². The highest BCUT2D eigenvalue weighted by Gasteiger charge is 2.27. The Morgan fingerprint density at radius 1 is 1.29 bits per heavy atom. The van der Waals surface area contributed by atoms with Gasteiger partial charge in [-0.2, -0.15) is 4.98 Å². The van der Waals surface area contributed by atoms with Gasteiger partial charge in [-0.3, -0.25) is 4.90 Å². The summed E-state index contributed by atoms with van der Waals surface area (Å²) in [6.45, 7) is 6.30. The van der Waals surface area contributed by atoms with E-state index >= 15 is 0 Å². The topological polar surface area (TPSA) is 58.3 Å². The van der Waals surface area contributed by atoms with Gasteiger partial charge >= 0.3 is 0 Å². The van der Waals surface area contributed by atoms with Crippen LogP contribution < -0.4 is 10.6 Å². The fourth-order valence-corrected chi connectivity index (χ4v) is 2.37. The van der Waals surface area contributed by atoms with Crippen molar-refractivity contribution in [2.45, 2.75) is 25.9 Å². The van der Waals surface area contributed by atoms with Gasteiger partial charge < -0.3 is 10.6 Å². The molecule has 1 aromatic rings. The molecule has 0 aromatic carbocycles. The van der Waals surface area contributed by atoms with E-state index in [1.807, 2.05) is 0 Å². The molecule has 0 spiro atoms. The number of aromatic nitrogens is 2. The second-order valence-electron chi connectivity index (χ2n) is 4.70. The van der Waals surface area contributed by atoms with Crippen molar-refractivity contribution in [3.05, 3.63) is 11.2 Å². The molecule has 2 N–H and O–H groups in total. The first-order valence-corrected chi connectivity index (χ1v) is 6.12. The molecule has 0 aliphatic carbocycles. The molecule has 1 aromatic heterocycles. The predicted molar refractivity (Wildman–Crippen MR) is 70.4 cm³/mol. The summed E-state index contributed by atoms with van der Waals surface area (Å²) >= 11 is 5.91. The Balaban J connectivity index is 2.26. The molecule has 1 aliphatic heterocycles. The summed E-state index contributed by atoms with van der Waals surface area (Å²) in [5, 5.41) is 0.395. The number of halogens is 1. The molecule has 2 atom stereocenters. The van der Waals surface area contributed by atoms with E-state index in [2.05, 4.69) is 40.7 Å². The van der Waals surface area contributed by atoms with Gasteiger partial charge in [-0.15, -0.1) is 0 Å². The number of nitrogens with zero attached hydrogens (tertiary/aromatic N) is 4. The Labute approximate surface area is 107 Å². The molecular formula is C11H18ClN5. The van der Waals surface area contributed by atoms with Gasteiger partial charge in [0, 0.05) is 31.2 Å². The fourth-order valence-electron chi connectivity index (χ4n) is 2.19. The first-order valence-electron chi connectivity index (χ1n) is 5.74. The van der Waals surface area contributed by atoms with Gasteiger partial charge in [-0.25, -0.2) is 4.98 Å². The lowest BCUT2D eigenvalue weighted by Gasteiger charge is -2.43. The summed E-state index contributed by atoms with van der Waals surface area (Å²) in [6.07, 6.45) is 0. The molecule has 2 rings (SSSR count). The normalized spacial score (nSPS) is 26.2. The molecular weight excluding hydrogens is 238 g/mol. The molecule has 5 nitrogen and oxygen atoms in total. The van der Waals surface area contributed by atoms with Crippen molar-refractivity contribution >= 4 is 23.4 Å². The maximum absolute atomic E-state index is 5.91. The second-order valence-corrected chi connectivity index (χ2v) is 5.08. The van der Waals surface area contributed by atoms with E-state index in [0.29, 0.717) is 17.2 Å². The Kier molecular flexibility index (Phi) is 3.40. The van der Waals surface area contributed by atoms with Crippen LogP contribution in [-0.2, 0) is 0 Å². The van der Waals surface area contributed by atoms with E-state index in [9.17, 15) is 0 Å². The zero-order chi connectivity index (χ0) is 12.6. The van der Waals surface area contributed by atoms with Crippen LogP contribution in [0.2, 0.25) is 5.15 Å². The number of nitrogen functional groups attached to an aromatic ring is 1. The van der Waals surface area contributed by atoms with Crippen LogP contribution in [0, 0.1) is 0 Å². The predicted octanol–water partition coefficient (Wildman–Crippen LogP) is 1.24. The molecule has 0 unspecified atom stereocenters. The third kappa shape index (κ3) is 2.61. The number of nitrogens with two attached hydrogens (primary N) is 1. The Bertz CT molecular complexity index is 391. The third-order valence-electron chi connectivity index (χ3n) is 3.29. The van der Waals surface area contributed by atoms with Crippen molar-refractivity contribution in [1.82, 2.24) is 14.9 Å². The molecule has 6 heteroatoms. The smallest absolute Gasteiger partial charge is 0.223 e. The quantitative estimate of drug-likeness (QED) is 0.766. The zero-order valence-corrected chi connectivity index (χ0v) is 11.1. The molecule has 0 amide bonds. The fraction of sp³-hybridized carbons (Fsp3) is 0.636. The van der Waals surface area contributed by atoms with Crippen LogP contribution in [0.5, 0.6) is 0 Å². The van der Waals surface area contributed by atoms with Crippen LogP contribution in [-0.4, -0.2) is 47.1 Å². The lowest BCUT2D eigenvalue weighted by atomic mass is 10.1. The summed E-state index contributed by atoms with van der Waals surface area (Å²) in [5.74, 6) is 1.04. The first kappa shape index (κ1) is 12.4.